The van der Waals surface area contributed by atoms with Crippen molar-refractivity contribution in [1.29, 1.82) is 0 Å². The van der Waals surface area contributed by atoms with Gasteiger partial charge in [-0.15, -0.1) is 0 Å². The molecule has 27 heavy (non-hydrogen) atoms. The van der Waals surface area contributed by atoms with Crippen molar-refractivity contribution in [1.82, 2.24) is 9.38 Å². The van der Waals surface area contributed by atoms with Gasteiger partial charge in [0.25, 0.3) is 5.56 Å². The predicted molar refractivity (Wildman–Crippen MR) is 93.3 cm³/mol. The monoisotopic (exact) mass is 377 g/mol. The van der Waals surface area contributed by atoms with E-state index in [1.165, 1.54) is 28.8 Å². The van der Waals surface area contributed by atoms with Crippen LogP contribution in [0.4, 0.5) is 23.5 Å². The summed E-state index contributed by atoms with van der Waals surface area (Å²) in [5.74, 6) is -0.411. The molecule has 1 saturated heterocycles. The lowest BCUT2D eigenvalue weighted by molar-refractivity contribution is -0.137. The van der Waals surface area contributed by atoms with Crippen molar-refractivity contribution in [2.24, 2.45) is 0 Å². The zero-order valence-corrected chi connectivity index (χ0v) is 14.1. The summed E-state index contributed by atoms with van der Waals surface area (Å²) in [6, 6.07) is 7.31. The second-order valence-corrected chi connectivity index (χ2v) is 6.43. The minimum absolute atomic E-state index is 0.0168. The molecule has 3 heterocycles. The maximum absolute atomic E-state index is 14.3. The highest BCUT2D eigenvalue weighted by atomic mass is 19.4. The molecule has 0 spiro atoms. The van der Waals surface area contributed by atoms with E-state index in [9.17, 15) is 22.4 Å². The maximum Gasteiger partial charge on any atom is 0.416 e. The van der Waals surface area contributed by atoms with Crippen LogP contribution in [0.2, 0.25) is 0 Å². The van der Waals surface area contributed by atoms with Crippen LogP contribution in [0.1, 0.15) is 18.4 Å². The van der Waals surface area contributed by atoms with Gasteiger partial charge in [0.1, 0.15) is 5.82 Å². The highest BCUT2D eigenvalue weighted by Gasteiger charge is 2.32. The summed E-state index contributed by atoms with van der Waals surface area (Å²) in [4.78, 5) is 18.7. The summed E-state index contributed by atoms with van der Waals surface area (Å²) >= 11 is 0. The van der Waals surface area contributed by atoms with Crippen LogP contribution in [0.5, 0.6) is 0 Å². The number of benzene rings is 1. The SMILES string of the molecule is O=c1nc(N2CCCC2)n2ccc(C(F)(F)F)cc2c1-c1ccccc1F. The Labute approximate surface area is 151 Å². The summed E-state index contributed by atoms with van der Waals surface area (Å²) in [6.07, 6.45) is -1.52. The third kappa shape index (κ3) is 3.05. The van der Waals surface area contributed by atoms with Gasteiger partial charge in [-0.1, -0.05) is 18.2 Å². The standard InChI is InChI=1S/C19H15F4N3O/c20-14-6-2-1-5-13(14)16-15-11-12(19(21,22)23)7-10-26(15)18(24-17(16)27)25-8-3-4-9-25/h1-2,5-7,10-11H,3-4,8-9H2. The molecule has 0 atom stereocenters. The van der Waals surface area contributed by atoms with E-state index < -0.39 is 23.1 Å². The molecule has 2 aromatic heterocycles. The van der Waals surface area contributed by atoms with Crippen LogP contribution in [0, 0.1) is 5.82 Å². The van der Waals surface area contributed by atoms with Crippen molar-refractivity contribution in [3.8, 4) is 11.1 Å². The summed E-state index contributed by atoms with van der Waals surface area (Å²) in [5, 5.41) is 0. The van der Waals surface area contributed by atoms with Gasteiger partial charge in [0.05, 0.1) is 16.6 Å². The highest BCUT2D eigenvalue weighted by molar-refractivity contribution is 5.81. The molecule has 3 aromatic rings. The van der Waals surface area contributed by atoms with E-state index in [1.807, 2.05) is 4.90 Å². The van der Waals surface area contributed by atoms with Gasteiger partial charge in [0, 0.05) is 24.8 Å². The van der Waals surface area contributed by atoms with Gasteiger partial charge in [0.15, 0.2) is 0 Å². The van der Waals surface area contributed by atoms with Crippen LogP contribution < -0.4 is 10.5 Å². The van der Waals surface area contributed by atoms with Crippen LogP contribution >= 0.6 is 0 Å². The summed E-state index contributed by atoms with van der Waals surface area (Å²) in [5.41, 5.74) is -1.92. The number of hydrogen-bond acceptors (Lipinski definition) is 3. The molecule has 4 nitrogen and oxygen atoms in total. The third-order valence-corrected chi connectivity index (χ3v) is 4.70. The second kappa shape index (κ2) is 6.37. The molecule has 0 aliphatic carbocycles. The van der Waals surface area contributed by atoms with Crippen molar-refractivity contribution in [2.45, 2.75) is 19.0 Å². The smallest absolute Gasteiger partial charge is 0.342 e. The molecule has 0 amide bonds. The number of halogens is 4. The molecule has 0 bridgehead atoms. The normalized spacial score (nSPS) is 14.9. The number of pyridine rings is 1. The fourth-order valence-electron chi connectivity index (χ4n) is 3.41. The Morgan fingerprint density at radius 2 is 1.74 bits per heavy atom. The van der Waals surface area contributed by atoms with E-state index in [2.05, 4.69) is 4.98 Å². The topological polar surface area (TPSA) is 37.6 Å². The first-order valence-electron chi connectivity index (χ1n) is 8.50. The van der Waals surface area contributed by atoms with Crippen LogP contribution in [-0.4, -0.2) is 22.5 Å². The summed E-state index contributed by atoms with van der Waals surface area (Å²) in [6.45, 7) is 1.32. The summed E-state index contributed by atoms with van der Waals surface area (Å²) < 4.78 is 55.5. The number of nitrogens with zero attached hydrogens (tertiary/aromatic N) is 3. The van der Waals surface area contributed by atoms with Crippen LogP contribution in [0.25, 0.3) is 16.6 Å². The zero-order valence-electron chi connectivity index (χ0n) is 14.1. The lowest BCUT2D eigenvalue weighted by atomic mass is 10.0. The van der Waals surface area contributed by atoms with E-state index >= 15 is 0 Å². The number of aromatic nitrogens is 2. The van der Waals surface area contributed by atoms with Gasteiger partial charge in [-0.25, -0.2) is 4.39 Å². The third-order valence-electron chi connectivity index (χ3n) is 4.70. The molecule has 1 aliphatic rings. The molecule has 0 unspecified atom stereocenters. The number of hydrogen-bond donors (Lipinski definition) is 0. The number of anilines is 1. The van der Waals surface area contributed by atoms with Gasteiger partial charge in [-0.3, -0.25) is 9.20 Å². The van der Waals surface area contributed by atoms with Crippen LogP contribution in [0.15, 0.2) is 47.4 Å². The average Bonchev–Trinajstić information content (AvgIpc) is 3.15. The molecule has 4 rings (SSSR count). The van der Waals surface area contributed by atoms with E-state index in [0.717, 1.165) is 31.0 Å². The van der Waals surface area contributed by atoms with E-state index in [-0.39, 0.29) is 22.6 Å². The predicted octanol–water partition coefficient (Wildman–Crippen LogP) is 4.12. The Morgan fingerprint density at radius 1 is 1.04 bits per heavy atom. The van der Waals surface area contributed by atoms with Crippen molar-refractivity contribution >= 4 is 11.5 Å². The molecular weight excluding hydrogens is 362 g/mol. The van der Waals surface area contributed by atoms with Crippen molar-refractivity contribution < 1.29 is 17.6 Å². The molecule has 0 radical (unpaired) electrons. The maximum atomic E-state index is 14.3. The highest BCUT2D eigenvalue weighted by Crippen LogP contribution is 2.33. The Bertz CT molecular complexity index is 1070. The molecule has 0 N–H and O–H groups in total. The Morgan fingerprint density at radius 3 is 2.41 bits per heavy atom. The van der Waals surface area contributed by atoms with Gasteiger partial charge in [-0.05, 0) is 31.0 Å². The molecule has 1 aliphatic heterocycles. The minimum Gasteiger partial charge on any atom is -0.342 e. The van der Waals surface area contributed by atoms with Crippen molar-refractivity contribution in [3.05, 3.63) is 64.3 Å². The second-order valence-electron chi connectivity index (χ2n) is 6.43. The quantitative estimate of drug-likeness (QED) is 0.631. The van der Waals surface area contributed by atoms with Crippen molar-refractivity contribution in [2.75, 3.05) is 18.0 Å². The molecule has 1 fully saturated rings. The van der Waals surface area contributed by atoms with Crippen LogP contribution in [0.3, 0.4) is 0 Å². The van der Waals surface area contributed by atoms with Gasteiger partial charge < -0.3 is 4.90 Å². The fourth-order valence-corrected chi connectivity index (χ4v) is 3.41. The Balaban J connectivity index is 2.07. The summed E-state index contributed by atoms with van der Waals surface area (Å²) in [7, 11) is 0. The first-order chi connectivity index (χ1) is 12.9. The average molecular weight is 377 g/mol. The Hall–Kier alpha value is -2.90. The lowest BCUT2D eigenvalue weighted by Gasteiger charge is -2.21. The first-order valence-corrected chi connectivity index (χ1v) is 8.50. The number of fused-ring (bicyclic) bond motifs is 1. The fraction of sp³-hybridized carbons (Fsp3) is 0.263. The molecular formula is C19H15F4N3O. The minimum atomic E-state index is -4.58. The van der Waals surface area contributed by atoms with E-state index in [4.69, 9.17) is 0 Å². The van der Waals surface area contributed by atoms with Gasteiger partial charge in [0.2, 0.25) is 5.95 Å². The molecule has 1 aromatic carbocycles. The number of alkyl halides is 3. The number of rotatable bonds is 2. The molecule has 8 heteroatoms. The van der Waals surface area contributed by atoms with Crippen LogP contribution in [-0.2, 0) is 6.18 Å². The van der Waals surface area contributed by atoms with Crippen molar-refractivity contribution in [3.63, 3.8) is 0 Å². The zero-order chi connectivity index (χ0) is 19.2. The van der Waals surface area contributed by atoms with E-state index in [1.54, 1.807) is 0 Å². The molecule has 140 valence electrons. The largest absolute Gasteiger partial charge is 0.416 e. The van der Waals surface area contributed by atoms with E-state index in [0.29, 0.717) is 13.1 Å². The lowest BCUT2D eigenvalue weighted by Crippen LogP contribution is -2.27. The van der Waals surface area contributed by atoms with Gasteiger partial charge >= 0.3 is 6.18 Å². The molecule has 0 saturated carbocycles. The van der Waals surface area contributed by atoms with Gasteiger partial charge in [-0.2, -0.15) is 18.2 Å². The first kappa shape index (κ1) is 17.5. The Kier molecular flexibility index (Phi) is 4.13.